The second-order valence-electron chi connectivity index (χ2n) is 4.80. The van der Waals surface area contributed by atoms with Gasteiger partial charge in [0.15, 0.2) is 0 Å². The SMILES string of the molecule is CC1CCCN(c2ccc(NC=O)cc2C#N)C1. The minimum Gasteiger partial charge on any atom is -0.370 e. The van der Waals surface area contributed by atoms with Crippen molar-refractivity contribution in [2.45, 2.75) is 19.8 Å². The highest BCUT2D eigenvalue weighted by Crippen LogP contribution is 2.27. The fourth-order valence-electron chi connectivity index (χ4n) is 2.47. The van der Waals surface area contributed by atoms with Crippen LogP contribution in [0.3, 0.4) is 0 Å². The molecule has 1 aliphatic heterocycles. The summed E-state index contributed by atoms with van der Waals surface area (Å²) in [4.78, 5) is 12.7. The number of nitrogens with one attached hydrogen (secondary N) is 1. The number of benzene rings is 1. The van der Waals surface area contributed by atoms with E-state index >= 15 is 0 Å². The summed E-state index contributed by atoms with van der Waals surface area (Å²) in [5, 5.41) is 11.8. The topological polar surface area (TPSA) is 56.1 Å². The van der Waals surface area contributed by atoms with Crippen molar-refractivity contribution in [3.05, 3.63) is 23.8 Å². The molecule has 4 nitrogen and oxygen atoms in total. The number of hydrogen-bond donors (Lipinski definition) is 1. The molecular formula is C14H17N3O. The molecule has 0 radical (unpaired) electrons. The van der Waals surface area contributed by atoms with E-state index in [1.165, 1.54) is 12.8 Å². The average molecular weight is 243 g/mol. The zero-order chi connectivity index (χ0) is 13.0. The predicted molar refractivity (Wildman–Crippen MR) is 71.5 cm³/mol. The lowest BCUT2D eigenvalue weighted by atomic mass is 9.99. The number of carbonyl (C=O) groups is 1. The summed E-state index contributed by atoms with van der Waals surface area (Å²) in [7, 11) is 0. The van der Waals surface area contributed by atoms with Gasteiger partial charge in [-0.25, -0.2) is 0 Å². The second-order valence-corrected chi connectivity index (χ2v) is 4.80. The Kier molecular flexibility index (Phi) is 3.83. The second kappa shape index (κ2) is 5.54. The first-order valence-electron chi connectivity index (χ1n) is 6.24. The van der Waals surface area contributed by atoms with E-state index in [0.717, 1.165) is 18.8 Å². The normalized spacial score (nSPS) is 19.1. The first-order chi connectivity index (χ1) is 8.74. The van der Waals surface area contributed by atoms with Crippen molar-refractivity contribution in [1.82, 2.24) is 0 Å². The van der Waals surface area contributed by atoms with Gasteiger partial charge in [-0.15, -0.1) is 0 Å². The van der Waals surface area contributed by atoms with Crippen LogP contribution in [-0.2, 0) is 4.79 Å². The lowest BCUT2D eigenvalue weighted by Gasteiger charge is -2.33. The summed E-state index contributed by atoms with van der Waals surface area (Å²) in [6.07, 6.45) is 3.04. The molecule has 1 saturated heterocycles. The molecular weight excluding hydrogens is 226 g/mol. The molecule has 1 atom stereocenters. The van der Waals surface area contributed by atoms with E-state index in [-0.39, 0.29) is 0 Å². The third kappa shape index (κ3) is 2.62. The minimum atomic E-state index is 0.621. The Morgan fingerprint density at radius 1 is 1.56 bits per heavy atom. The number of carbonyl (C=O) groups excluding carboxylic acids is 1. The van der Waals surface area contributed by atoms with E-state index in [1.54, 1.807) is 6.07 Å². The molecule has 4 heteroatoms. The third-order valence-corrected chi connectivity index (χ3v) is 3.34. The first-order valence-corrected chi connectivity index (χ1v) is 6.24. The number of amides is 1. The maximum absolute atomic E-state index is 10.4. The number of anilines is 2. The van der Waals surface area contributed by atoms with Crippen LogP contribution >= 0.6 is 0 Å². The van der Waals surface area contributed by atoms with E-state index in [0.29, 0.717) is 23.6 Å². The molecule has 1 aromatic rings. The molecule has 0 spiro atoms. The zero-order valence-electron chi connectivity index (χ0n) is 10.5. The Bertz CT molecular complexity index is 478. The van der Waals surface area contributed by atoms with Crippen LogP contribution in [-0.4, -0.2) is 19.5 Å². The number of piperidine rings is 1. The van der Waals surface area contributed by atoms with Crippen LogP contribution in [0, 0.1) is 17.2 Å². The minimum absolute atomic E-state index is 0.621. The fourth-order valence-corrected chi connectivity index (χ4v) is 2.47. The maximum Gasteiger partial charge on any atom is 0.211 e. The molecule has 94 valence electrons. The molecule has 0 aliphatic carbocycles. The van der Waals surface area contributed by atoms with Crippen molar-refractivity contribution in [1.29, 1.82) is 5.26 Å². The summed E-state index contributed by atoms with van der Waals surface area (Å²) in [5.41, 5.74) is 2.26. The van der Waals surface area contributed by atoms with E-state index in [1.807, 2.05) is 12.1 Å². The van der Waals surface area contributed by atoms with Gasteiger partial charge in [-0.1, -0.05) is 6.92 Å². The van der Waals surface area contributed by atoms with E-state index in [9.17, 15) is 10.1 Å². The smallest absolute Gasteiger partial charge is 0.211 e. The lowest BCUT2D eigenvalue weighted by Crippen LogP contribution is -2.34. The molecule has 0 bridgehead atoms. The number of rotatable bonds is 3. The van der Waals surface area contributed by atoms with E-state index in [4.69, 9.17) is 0 Å². The summed E-state index contributed by atoms with van der Waals surface area (Å²) in [5.74, 6) is 0.665. The molecule has 1 N–H and O–H groups in total. The average Bonchev–Trinajstić information content (AvgIpc) is 2.39. The van der Waals surface area contributed by atoms with Gasteiger partial charge in [-0.2, -0.15) is 5.26 Å². The van der Waals surface area contributed by atoms with Crippen molar-refractivity contribution in [3.63, 3.8) is 0 Å². The van der Waals surface area contributed by atoms with Gasteiger partial charge in [-0.3, -0.25) is 4.79 Å². The molecule has 0 aromatic heterocycles. The fraction of sp³-hybridized carbons (Fsp3) is 0.429. The highest BCUT2D eigenvalue weighted by Gasteiger charge is 2.19. The number of nitrogens with zero attached hydrogens (tertiary/aromatic N) is 2. The molecule has 0 saturated carbocycles. The Morgan fingerprint density at radius 3 is 3.06 bits per heavy atom. The van der Waals surface area contributed by atoms with Crippen molar-refractivity contribution < 1.29 is 4.79 Å². The molecule has 1 amide bonds. The molecule has 1 aliphatic rings. The summed E-state index contributed by atoms with van der Waals surface area (Å²) in [6.45, 7) is 4.23. The van der Waals surface area contributed by atoms with Gasteiger partial charge in [0.2, 0.25) is 6.41 Å². The van der Waals surface area contributed by atoms with Crippen LogP contribution in [0.4, 0.5) is 11.4 Å². The van der Waals surface area contributed by atoms with E-state index < -0.39 is 0 Å². The van der Waals surface area contributed by atoms with Crippen LogP contribution < -0.4 is 10.2 Å². The standard InChI is InChI=1S/C14H17N3O/c1-11-3-2-6-17(9-11)14-5-4-13(16-10-18)7-12(14)8-15/h4-5,7,10-11H,2-3,6,9H2,1H3,(H,16,18). The first kappa shape index (κ1) is 12.4. The summed E-state index contributed by atoms with van der Waals surface area (Å²) >= 11 is 0. The van der Waals surface area contributed by atoms with Crippen LogP contribution in [0.1, 0.15) is 25.3 Å². The summed E-state index contributed by atoms with van der Waals surface area (Å²) in [6, 6.07) is 7.69. The highest BCUT2D eigenvalue weighted by atomic mass is 16.1. The third-order valence-electron chi connectivity index (χ3n) is 3.34. The molecule has 18 heavy (non-hydrogen) atoms. The van der Waals surface area contributed by atoms with Crippen molar-refractivity contribution in [2.24, 2.45) is 5.92 Å². The van der Waals surface area contributed by atoms with Crippen molar-refractivity contribution >= 4 is 17.8 Å². The molecule has 1 fully saturated rings. The van der Waals surface area contributed by atoms with Gasteiger partial charge >= 0.3 is 0 Å². The van der Waals surface area contributed by atoms with Gasteiger partial charge in [0.05, 0.1) is 11.3 Å². The van der Waals surface area contributed by atoms with Crippen molar-refractivity contribution in [3.8, 4) is 6.07 Å². The quantitative estimate of drug-likeness (QED) is 0.829. The molecule has 1 aromatic carbocycles. The Balaban J connectivity index is 2.27. The van der Waals surface area contributed by atoms with E-state index in [2.05, 4.69) is 23.2 Å². The summed E-state index contributed by atoms with van der Waals surface area (Å²) < 4.78 is 0. The Labute approximate surface area is 107 Å². The molecule has 1 heterocycles. The Hall–Kier alpha value is -2.02. The van der Waals surface area contributed by atoms with Gasteiger partial charge in [0, 0.05) is 18.8 Å². The van der Waals surface area contributed by atoms with Crippen LogP contribution in [0.5, 0.6) is 0 Å². The largest absolute Gasteiger partial charge is 0.370 e. The van der Waals surface area contributed by atoms with Crippen LogP contribution in [0.15, 0.2) is 18.2 Å². The maximum atomic E-state index is 10.4. The predicted octanol–water partition coefficient (Wildman–Crippen LogP) is 2.36. The number of nitriles is 1. The van der Waals surface area contributed by atoms with Gasteiger partial charge in [-0.05, 0) is 37.0 Å². The zero-order valence-corrected chi connectivity index (χ0v) is 10.5. The number of hydrogen-bond acceptors (Lipinski definition) is 3. The molecule has 1 unspecified atom stereocenters. The van der Waals surface area contributed by atoms with Gasteiger partial charge in [0.1, 0.15) is 6.07 Å². The molecule has 2 rings (SSSR count). The van der Waals surface area contributed by atoms with Gasteiger partial charge < -0.3 is 10.2 Å². The monoisotopic (exact) mass is 243 g/mol. The van der Waals surface area contributed by atoms with Crippen molar-refractivity contribution in [2.75, 3.05) is 23.3 Å². The Morgan fingerprint density at radius 2 is 2.39 bits per heavy atom. The van der Waals surface area contributed by atoms with Gasteiger partial charge in [0.25, 0.3) is 0 Å². The lowest BCUT2D eigenvalue weighted by molar-refractivity contribution is -0.105. The van der Waals surface area contributed by atoms with Crippen LogP contribution in [0.25, 0.3) is 0 Å². The highest BCUT2D eigenvalue weighted by molar-refractivity contribution is 5.75. The van der Waals surface area contributed by atoms with Crippen LogP contribution in [0.2, 0.25) is 0 Å².